The Hall–Kier alpha value is -1.84. The minimum atomic E-state index is -1.13. The molecule has 1 aliphatic rings. The van der Waals surface area contributed by atoms with Crippen LogP contribution >= 0.6 is 0 Å². The van der Waals surface area contributed by atoms with Gasteiger partial charge in [0.15, 0.2) is 0 Å². The number of hydrogen-bond donors (Lipinski definition) is 0. The molecule has 0 saturated carbocycles. The predicted octanol–water partition coefficient (Wildman–Crippen LogP) is 0.0934. The summed E-state index contributed by atoms with van der Waals surface area (Å²) in [6.07, 6.45) is 0.0637. The number of hydrogen-bond acceptors (Lipinski definition) is 3. The molecule has 1 heterocycles. The molecule has 0 spiro atoms. The fraction of sp³-hybridized carbons (Fsp3) is 0.385. The number of aliphatic carboxylic acids is 1. The fourth-order valence-electron chi connectivity index (χ4n) is 2.00. The molecule has 90 valence electrons. The average molecular weight is 232 g/mol. The number of likely N-dealkylation sites (tertiary alicyclic amines) is 1. The van der Waals surface area contributed by atoms with Crippen molar-refractivity contribution in [1.29, 1.82) is 0 Å². The van der Waals surface area contributed by atoms with E-state index in [9.17, 15) is 14.7 Å². The van der Waals surface area contributed by atoms with Crippen molar-refractivity contribution in [2.24, 2.45) is 5.92 Å². The van der Waals surface area contributed by atoms with Crippen LogP contribution in [0.2, 0.25) is 0 Å². The highest BCUT2D eigenvalue weighted by molar-refractivity contribution is 5.85. The van der Waals surface area contributed by atoms with E-state index in [1.807, 2.05) is 31.2 Å². The number of carbonyl (C=O) groups excluding carboxylic acids is 2. The normalized spacial score (nSPS) is 19.7. The summed E-state index contributed by atoms with van der Waals surface area (Å²) >= 11 is 0. The number of carboxylic acid groups (broad SMARTS) is 1. The first-order valence-corrected chi connectivity index (χ1v) is 5.60. The number of aryl methyl sites for hydroxylation is 1. The third-order valence-corrected chi connectivity index (χ3v) is 3.04. The number of rotatable bonds is 3. The third kappa shape index (κ3) is 2.64. The van der Waals surface area contributed by atoms with Gasteiger partial charge in [-0.05, 0) is 12.5 Å². The van der Waals surface area contributed by atoms with Crippen molar-refractivity contribution in [3.63, 3.8) is 0 Å². The molecule has 0 bridgehead atoms. The fourth-order valence-corrected chi connectivity index (χ4v) is 2.00. The van der Waals surface area contributed by atoms with Gasteiger partial charge in [0.05, 0.1) is 0 Å². The highest BCUT2D eigenvalue weighted by Gasteiger charge is 2.30. The Bertz CT molecular complexity index is 438. The van der Waals surface area contributed by atoms with Crippen molar-refractivity contribution in [2.75, 3.05) is 6.54 Å². The lowest BCUT2D eigenvalue weighted by molar-refractivity contribution is -0.311. The van der Waals surface area contributed by atoms with E-state index in [1.54, 1.807) is 4.90 Å². The average Bonchev–Trinajstić information content (AvgIpc) is 2.64. The van der Waals surface area contributed by atoms with E-state index in [-0.39, 0.29) is 18.9 Å². The van der Waals surface area contributed by atoms with Crippen LogP contribution < -0.4 is 5.11 Å². The van der Waals surface area contributed by atoms with Crippen LogP contribution in [-0.4, -0.2) is 23.3 Å². The SMILES string of the molecule is Cc1ccc(CN2CC(C(=O)[O-])CC2=O)cc1. The second kappa shape index (κ2) is 4.57. The van der Waals surface area contributed by atoms with Gasteiger partial charge in [0.1, 0.15) is 0 Å². The van der Waals surface area contributed by atoms with E-state index in [1.165, 1.54) is 0 Å². The Morgan fingerprint density at radius 2 is 2.06 bits per heavy atom. The van der Waals surface area contributed by atoms with E-state index in [0.29, 0.717) is 6.54 Å². The van der Waals surface area contributed by atoms with Crippen LogP contribution in [-0.2, 0) is 16.1 Å². The predicted molar refractivity (Wildman–Crippen MR) is 59.7 cm³/mol. The summed E-state index contributed by atoms with van der Waals surface area (Å²) in [6.45, 7) is 2.73. The van der Waals surface area contributed by atoms with Crippen molar-refractivity contribution in [3.8, 4) is 0 Å². The zero-order valence-electron chi connectivity index (χ0n) is 9.68. The van der Waals surface area contributed by atoms with Gasteiger partial charge >= 0.3 is 0 Å². The van der Waals surface area contributed by atoms with Crippen LogP contribution in [0, 0.1) is 12.8 Å². The topological polar surface area (TPSA) is 60.4 Å². The van der Waals surface area contributed by atoms with E-state index in [4.69, 9.17) is 0 Å². The van der Waals surface area contributed by atoms with Crippen molar-refractivity contribution < 1.29 is 14.7 Å². The molecular formula is C13H14NO3-. The van der Waals surface area contributed by atoms with Gasteiger partial charge in [0.2, 0.25) is 5.91 Å². The Morgan fingerprint density at radius 3 is 2.59 bits per heavy atom. The molecule has 4 nitrogen and oxygen atoms in total. The van der Waals surface area contributed by atoms with Gasteiger partial charge in [0.25, 0.3) is 0 Å². The summed E-state index contributed by atoms with van der Waals surface area (Å²) in [5, 5.41) is 10.7. The molecule has 2 rings (SSSR count). The molecule has 1 fully saturated rings. The van der Waals surface area contributed by atoms with Gasteiger partial charge in [-0.15, -0.1) is 0 Å². The van der Waals surface area contributed by atoms with E-state index < -0.39 is 11.9 Å². The lowest BCUT2D eigenvalue weighted by Crippen LogP contribution is -2.33. The van der Waals surface area contributed by atoms with Crippen LogP contribution in [0.3, 0.4) is 0 Å². The number of benzene rings is 1. The smallest absolute Gasteiger partial charge is 0.223 e. The number of carboxylic acids is 1. The molecule has 0 aromatic heterocycles. The molecular weight excluding hydrogens is 218 g/mol. The molecule has 1 unspecified atom stereocenters. The standard InChI is InChI=1S/C13H15NO3/c1-9-2-4-10(5-3-9)7-14-8-11(13(16)17)6-12(14)15/h2-5,11H,6-8H2,1H3,(H,16,17)/p-1. The Kier molecular flexibility index (Phi) is 3.13. The monoisotopic (exact) mass is 232 g/mol. The molecule has 1 aromatic rings. The molecule has 4 heteroatoms. The second-order valence-electron chi connectivity index (χ2n) is 4.48. The summed E-state index contributed by atoms with van der Waals surface area (Å²) < 4.78 is 0. The van der Waals surface area contributed by atoms with Crippen LogP contribution in [0.5, 0.6) is 0 Å². The van der Waals surface area contributed by atoms with E-state index in [2.05, 4.69) is 0 Å². The van der Waals surface area contributed by atoms with E-state index in [0.717, 1.165) is 11.1 Å². The van der Waals surface area contributed by atoms with Crippen molar-refractivity contribution >= 4 is 11.9 Å². The lowest BCUT2D eigenvalue weighted by Gasteiger charge is -2.17. The maximum absolute atomic E-state index is 11.6. The minimum absolute atomic E-state index is 0.0637. The first-order valence-electron chi connectivity index (χ1n) is 5.60. The first kappa shape index (κ1) is 11.6. The number of carbonyl (C=O) groups is 2. The van der Waals surface area contributed by atoms with Gasteiger partial charge in [-0.3, -0.25) is 4.79 Å². The van der Waals surface area contributed by atoms with Crippen LogP contribution in [0.4, 0.5) is 0 Å². The van der Waals surface area contributed by atoms with Gasteiger partial charge in [-0.1, -0.05) is 29.8 Å². The zero-order valence-corrected chi connectivity index (χ0v) is 9.68. The number of nitrogens with zero attached hydrogens (tertiary/aromatic N) is 1. The molecule has 1 saturated heterocycles. The van der Waals surface area contributed by atoms with Crippen LogP contribution in [0.15, 0.2) is 24.3 Å². The molecule has 1 aliphatic heterocycles. The van der Waals surface area contributed by atoms with Crippen molar-refractivity contribution in [3.05, 3.63) is 35.4 Å². The first-order chi connectivity index (χ1) is 8.06. The highest BCUT2D eigenvalue weighted by Crippen LogP contribution is 2.19. The largest absolute Gasteiger partial charge is 0.550 e. The van der Waals surface area contributed by atoms with E-state index >= 15 is 0 Å². The second-order valence-corrected chi connectivity index (χ2v) is 4.48. The van der Waals surface area contributed by atoms with Crippen LogP contribution in [0.1, 0.15) is 17.5 Å². The summed E-state index contributed by atoms with van der Waals surface area (Å²) in [4.78, 5) is 23.9. The Labute approximate surface area is 99.9 Å². The third-order valence-electron chi connectivity index (χ3n) is 3.04. The number of amides is 1. The van der Waals surface area contributed by atoms with Crippen molar-refractivity contribution in [1.82, 2.24) is 4.90 Å². The maximum Gasteiger partial charge on any atom is 0.223 e. The van der Waals surface area contributed by atoms with Gasteiger partial charge in [0, 0.05) is 31.4 Å². The molecule has 1 atom stereocenters. The minimum Gasteiger partial charge on any atom is -0.550 e. The maximum atomic E-state index is 11.6. The summed E-state index contributed by atoms with van der Waals surface area (Å²) in [7, 11) is 0. The molecule has 0 aliphatic carbocycles. The van der Waals surface area contributed by atoms with Crippen LogP contribution in [0.25, 0.3) is 0 Å². The molecule has 1 aromatic carbocycles. The molecule has 17 heavy (non-hydrogen) atoms. The lowest BCUT2D eigenvalue weighted by atomic mass is 10.1. The Morgan fingerprint density at radius 1 is 1.41 bits per heavy atom. The quantitative estimate of drug-likeness (QED) is 0.742. The highest BCUT2D eigenvalue weighted by atomic mass is 16.4. The zero-order chi connectivity index (χ0) is 12.4. The summed E-state index contributed by atoms with van der Waals surface area (Å²) in [5.74, 6) is -1.91. The summed E-state index contributed by atoms with van der Waals surface area (Å²) in [6, 6.07) is 7.86. The van der Waals surface area contributed by atoms with Gasteiger partial charge in [-0.25, -0.2) is 0 Å². The molecule has 1 amide bonds. The Balaban J connectivity index is 2.02. The molecule has 0 N–H and O–H groups in total. The van der Waals surface area contributed by atoms with Gasteiger partial charge in [-0.2, -0.15) is 0 Å². The van der Waals surface area contributed by atoms with Gasteiger partial charge < -0.3 is 14.8 Å². The summed E-state index contributed by atoms with van der Waals surface area (Å²) in [5.41, 5.74) is 2.18. The van der Waals surface area contributed by atoms with Crippen molar-refractivity contribution in [2.45, 2.75) is 19.9 Å². The molecule has 0 radical (unpaired) electrons.